The van der Waals surface area contributed by atoms with Crippen molar-refractivity contribution in [3.63, 3.8) is 0 Å². The summed E-state index contributed by atoms with van der Waals surface area (Å²) in [6.07, 6.45) is 1.79. The van der Waals surface area contributed by atoms with Crippen LogP contribution in [0.5, 0.6) is 0 Å². The molecule has 0 atom stereocenters. The van der Waals surface area contributed by atoms with E-state index >= 15 is 0 Å². The first-order chi connectivity index (χ1) is 9.02. The van der Waals surface area contributed by atoms with Gasteiger partial charge in [0.05, 0.1) is 10.0 Å². The number of anilines is 1. The molecule has 6 heteroatoms. The molecule has 0 unspecified atom stereocenters. The molecule has 0 amide bonds. The molecule has 1 aromatic rings. The fourth-order valence-electron chi connectivity index (χ4n) is 1.55. The number of aliphatic hydroxyl groups is 1. The SMILES string of the molecule is N#CC(C(=S)Nc1ccc(Cl)c(Cl)c1)=C(O)C1CC1. The molecule has 0 saturated heterocycles. The number of thiocarbonyl (C=S) groups is 1. The van der Waals surface area contributed by atoms with Crippen molar-refractivity contribution >= 4 is 46.1 Å². The Morgan fingerprint density at radius 1 is 1.37 bits per heavy atom. The van der Waals surface area contributed by atoms with Crippen LogP contribution in [0.25, 0.3) is 0 Å². The van der Waals surface area contributed by atoms with Gasteiger partial charge in [0.15, 0.2) is 0 Å². The highest BCUT2D eigenvalue weighted by molar-refractivity contribution is 7.81. The van der Waals surface area contributed by atoms with Gasteiger partial charge in [-0.05, 0) is 31.0 Å². The molecule has 0 spiro atoms. The Balaban J connectivity index is 2.18. The zero-order valence-corrected chi connectivity index (χ0v) is 12.1. The normalized spacial score (nSPS) is 15.4. The molecule has 0 aliphatic heterocycles. The minimum Gasteiger partial charge on any atom is -0.511 e. The Morgan fingerprint density at radius 2 is 2.05 bits per heavy atom. The number of hydrogen-bond acceptors (Lipinski definition) is 3. The topological polar surface area (TPSA) is 56.0 Å². The zero-order chi connectivity index (χ0) is 14.0. The molecule has 19 heavy (non-hydrogen) atoms. The van der Waals surface area contributed by atoms with E-state index in [1.165, 1.54) is 0 Å². The van der Waals surface area contributed by atoms with Crippen molar-refractivity contribution < 1.29 is 5.11 Å². The standard InChI is InChI=1S/C13H10Cl2N2OS/c14-10-4-3-8(5-11(10)15)17-13(19)9(6-16)12(18)7-1-2-7/h3-5,7,18H,1-2H2,(H,17,19). The van der Waals surface area contributed by atoms with Gasteiger partial charge in [0, 0.05) is 11.6 Å². The van der Waals surface area contributed by atoms with Crippen molar-refractivity contribution in [1.29, 1.82) is 5.26 Å². The lowest BCUT2D eigenvalue weighted by Crippen LogP contribution is -2.13. The van der Waals surface area contributed by atoms with Gasteiger partial charge in [0.2, 0.25) is 0 Å². The maximum atomic E-state index is 9.88. The lowest BCUT2D eigenvalue weighted by Gasteiger charge is -2.09. The second-order valence-corrected chi connectivity index (χ2v) is 5.45. The van der Waals surface area contributed by atoms with E-state index in [-0.39, 0.29) is 22.2 Å². The minimum absolute atomic E-state index is 0.0695. The number of rotatable bonds is 3. The Bertz CT molecular complexity index is 603. The molecule has 1 saturated carbocycles. The Morgan fingerprint density at radius 3 is 2.58 bits per heavy atom. The van der Waals surface area contributed by atoms with Crippen LogP contribution in [0.2, 0.25) is 10.0 Å². The Labute approximate surface area is 126 Å². The number of aliphatic hydroxyl groups excluding tert-OH is 1. The van der Waals surface area contributed by atoms with Gasteiger partial charge in [0.25, 0.3) is 0 Å². The van der Waals surface area contributed by atoms with Crippen LogP contribution in [0.15, 0.2) is 29.5 Å². The van der Waals surface area contributed by atoms with Gasteiger partial charge in [0.1, 0.15) is 22.4 Å². The number of nitriles is 1. The van der Waals surface area contributed by atoms with E-state index in [9.17, 15) is 5.11 Å². The predicted octanol–water partition coefficient (Wildman–Crippen LogP) is 4.48. The summed E-state index contributed by atoms with van der Waals surface area (Å²) in [4.78, 5) is 0.185. The van der Waals surface area contributed by atoms with Crippen LogP contribution in [-0.2, 0) is 0 Å². The minimum atomic E-state index is 0.0695. The molecule has 98 valence electrons. The number of allylic oxidation sites excluding steroid dienone is 1. The van der Waals surface area contributed by atoms with E-state index in [1.807, 2.05) is 6.07 Å². The van der Waals surface area contributed by atoms with E-state index < -0.39 is 0 Å². The number of hydrogen-bond donors (Lipinski definition) is 2. The van der Waals surface area contributed by atoms with Gasteiger partial charge in [-0.1, -0.05) is 35.4 Å². The van der Waals surface area contributed by atoms with Crippen LogP contribution in [-0.4, -0.2) is 10.1 Å². The molecule has 0 bridgehead atoms. The van der Waals surface area contributed by atoms with Crippen LogP contribution in [0.1, 0.15) is 12.8 Å². The molecule has 2 N–H and O–H groups in total. The highest BCUT2D eigenvalue weighted by atomic mass is 35.5. The largest absolute Gasteiger partial charge is 0.511 e. The van der Waals surface area contributed by atoms with E-state index in [1.54, 1.807) is 18.2 Å². The first-order valence-corrected chi connectivity index (χ1v) is 6.79. The van der Waals surface area contributed by atoms with Crippen molar-refractivity contribution in [1.82, 2.24) is 0 Å². The molecule has 1 aliphatic rings. The fourth-order valence-corrected chi connectivity index (χ4v) is 2.12. The summed E-state index contributed by atoms with van der Waals surface area (Å²) in [5, 5.41) is 22.7. The quantitative estimate of drug-likeness (QED) is 0.374. The molecule has 0 radical (unpaired) electrons. The predicted molar refractivity (Wildman–Crippen MR) is 80.7 cm³/mol. The average Bonchev–Trinajstić information content (AvgIpc) is 3.18. The summed E-state index contributed by atoms with van der Waals surface area (Å²) in [6.45, 7) is 0. The van der Waals surface area contributed by atoms with Crippen molar-refractivity contribution in [3.8, 4) is 6.07 Å². The van der Waals surface area contributed by atoms with Crippen molar-refractivity contribution in [2.75, 3.05) is 5.32 Å². The summed E-state index contributed by atoms with van der Waals surface area (Å²) < 4.78 is 0. The second-order valence-electron chi connectivity index (χ2n) is 4.23. The van der Waals surface area contributed by atoms with Crippen LogP contribution in [0.4, 0.5) is 5.69 Å². The molecule has 0 heterocycles. The third kappa shape index (κ3) is 3.38. The lowest BCUT2D eigenvalue weighted by atomic mass is 10.2. The van der Waals surface area contributed by atoms with Gasteiger partial charge >= 0.3 is 0 Å². The third-order valence-corrected chi connectivity index (χ3v) is 3.78. The van der Waals surface area contributed by atoms with Crippen LogP contribution in [0.3, 0.4) is 0 Å². The number of benzene rings is 1. The first-order valence-electron chi connectivity index (χ1n) is 5.62. The smallest absolute Gasteiger partial charge is 0.125 e. The highest BCUT2D eigenvalue weighted by Crippen LogP contribution is 2.36. The van der Waals surface area contributed by atoms with Gasteiger partial charge in [-0.3, -0.25) is 0 Å². The monoisotopic (exact) mass is 312 g/mol. The number of nitrogens with one attached hydrogen (secondary N) is 1. The lowest BCUT2D eigenvalue weighted by molar-refractivity contribution is 0.377. The molecule has 1 aliphatic carbocycles. The maximum absolute atomic E-state index is 9.88. The summed E-state index contributed by atoms with van der Waals surface area (Å²) in [5.74, 6) is 0.142. The van der Waals surface area contributed by atoms with Crippen LogP contribution < -0.4 is 5.32 Å². The molecule has 2 rings (SSSR count). The van der Waals surface area contributed by atoms with Crippen LogP contribution >= 0.6 is 35.4 Å². The van der Waals surface area contributed by atoms with Crippen LogP contribution in [0, 0.1) is 17.2 Å². The number of halogens is 2. The summed E-state index contributed by atoms with van der Waals surface area (Å²) in [5.41, 5.74) is 0.735. The molecule has 3 nitrogen and oxygen atoms in total. The molecule has 0 aromatic heterocycles. The van der Waals surface area contributed by atoms with Crippen molar-refractivity contribution in [3.05, 3.63) is 39.6 Å². The van der Waals surface area contributed by atoms with E-state index in [0.29, 0.717) is 15.7 Å². The van der Waals surface area contributed by atoms with Crippen molar-refractivity contribution in [2.24, 2.45) is 5.92 Å². The Kier molecular flexibility index (Phi) is 4.31. The van der Waals surface area contributed by atoms with Gasteiger partial charge in [-0.2, -0.15) is 5.26 Å². The third-order valence-electron chi connectivity index (χ3n) is 2.74. The van der Waals surface area contributed by atoms with Crippen molar-refractivity contribution in [2.45, 2.75) is 12.8 Å². The molecular formula is C13H10Cl2N2OS. The average molecular weight is 313 g/mol. The second kappa shape index (κ2) is 5.79. The number of nitrogens with zero attached hydrogens (tertiary/aromatic N) is 1. The van der Waals surface area contributed by atoms with Gasteiger partial charge < -0.3 is 10.4 Å². The van der Waals surface area contributed by atoms with E-state index in [2.05, 4.69) is 5.32 Å². The Hall–Kier alpha value is -1.28. The summed E-state index contributed by atoms with van der Waals surface area (Å²) >= 11 is 16.8. The van der Waals surface area contributed by atoms with E-state index in [4.69, 9.17) is 40.7 Å². The molecule has 1 fully saturated rings. The van der Waals surface area contributed by atoms with Gasteiger partial charge in [-0.25, -0.2) is 0 Å². The van der Waals surface area contributed by atoms with E-state index in [0.717, 1.165) is 12.8 Å². The highest BCUT2D eigenvalue weighted by Gasteiger charge is 2.29. The first kappa shape index (κ1) is 14.1. The molecule has 1 aromatic carbocycles. The fraction of sp³-hybridized carbons (Fsp3) is 0.231. The van der Waals surface area contributed by atoms with Gasteiger partial charge in [-0.15, -0.1) is 0 Å². The molecular weight excluding hydrogens is 303 g/mol. The summed E-state index contributed by atoms with van der Waals surface area (Å²) in [6, 6.07) is 6.87. The maximum Gasteiger partial charge on any atom is 0.125 e. The summed E-state index contributed by atoms with van der Waals surface area (Å²) in [7, 11) is 0. The zero-order valence-electron chi connectivity index (χ0n) is 9.78.